The van der Waals surface area contributed by atoms with Gasteiger partial charge >= 0.3 is 0 Å². The number of rotatable bonds is 6. The molecule has 4 aromatic carbocycles. The first-order valence-electron chi connectivity index (χ1n) is 16.3. The summed E-state index contributed by atoms with van der Waals surface area (Å²) >= 11 is 0. The van der Waals surface area contributed by atoms with Gasteiger partial charge in [0.1, 0.15) is 0 Å². The fourth-order valence-corrected chi connectivity index (χ4v) is 6.76. The first kappa shape index (κ1) is 30.3. The number of aryl methyl sites for hydroxylation is 2. The van der Waals surface area contributed by atoms with Gasteiger partial charge in [0, 0.05) is 58.4 Å². The maximum absolute atomic E-state index is 9.70. The van der Waals surface area contributed by atoms with Crippen molar-refractivity contribution in [2.45, 2.75) is 13.8 Å². The van der Waals surface area contributed by atoms with Gasteiger partial charge in [-0.15, -0.1) is 0 Å². The maximum Gasteiger partial charge on any atom is 0.187 e. The second-order valence-electron chi connectivity index (χ2n) is 12.3. The van der Waals surface area contributed by atoms with E-state index in [0.29, 0.717) is 11.3 Å². The standard InChI is InChI=1S/C44H30N6/c1-29-8-20-37(21-9-29)49-41(32-14-12-31(26-45)13-15-32)39(34-6-4-24-47-27-34)43-44(49)40(35-7-5-25-48-28-35)42(33-16-18-36(46-3)19-17-33)50(43)38-22-10-30(2)11-23-38/h4-25,27-28H,1-2H3. The number of nitriles is 1. The van der Waals surface area contributed by atoms with Gasteiger partial charge in [-0.05, 0) is 73.5 Å². The maximum atomic E-state index is 9.70. The summed E-state index contributed by atoms with van der Waals surface area (Å²) in [6.45, 7) is 11.8. The Labute approximate surface area is 290 Å². The average Bonchev–Trinajstić information content (AvgIpc) is 3.69. The molecule has 0 atom stereocenters. The molecule has 0 saturated heterocycles. The zero-order chi connectivity index (χ0) is 34.2. The van der Waals surface area contributed by atoms with E-state index in [2.05, 4.69) is 105 Å². The predicted octanol–water partition coefficient (Wildman–Crippen LogP) is 10.9. The third kappa shape index (κ3) is 5.13. The van der Waals surface area contributed by atoms with E-state index < -0.39 is 0 Å². The minimum absolute atomic E-state index is 0.581. The van der Waals surface area contributed by atoms with E-state index >= 15 is 0 Å². The van der Waals surface area contributed by atoms with Crippen molar-refractivity contribution in [3.8, 4) is 62.2 Å². The van der Waals surface area contributed by atoms with Crippen LogP contribution < -0.4 is 0 Å². The number of nitrogens with zero attached hydrogens (tertiary/aromatic N) is 6. The normalized spacial score (nSPS) is 11.0. The fourth-order valence-electron chi connectivity index (χ4n) is 6.76. The van der Waals surface area contributed by atoms with E-state index in [0.717, 1.165) is 78.3 Å². The Bertz CT molecular complexity index is 2380. The highest BCUT2D eigenvalue weighted by atomic mass is 15.1. The summed E-state index contributed by atoms with van der Waals surface area (Å²) in [5.41, 5.74) is 15.4. The zero-order valence-corrected chi connectivity index (χ0v) is 27.5. The Kier molecular flexibility index (Phi) is 7.60. The van der Waals surface area contributed by atoms with Crippen LogP contribution in [0.5, 0.6) is 0 Å². The third-order valence-electron chi connectivity index (χ3n) is 9.11. The molecule has 4 heterocycles. The van der Waals surface area contributed by atoms with Crippen molar-refractivity contribution in [3.05, 3.63) is 174 Å². The van der Waals surface area contributed by atoms with Gasteiger partial charge in [-0.3, -0.25) is 9.97 Å². The number of aromatic nitrogens is 4. The van der Waals surface area contributed by atoms with Crippen LogP contribution in [0.25, 0.3) is 72.0 Å². The summed E-state index contributed by atoms with van der Waals surface area (Å²) in [4.78, 5) is 12.9. The lowest BCUT2D eigenvalue weighted by Crippen LogP contribution is -2.01. The van der Waals surface area contributed by atoms with Crippen molar-refractivity contribution < 1.29 is 0 Å². The highest BCUT2D eigenvalue weighted by molar-refractivity contribution is 6.14. The second kappa shape index (κ2) is 12.5. The van der Waals surface area contributed by atoms with E-state index in [1.165, 1.54) is 0 Å². The smallest absolute Gasteiger partial charge is 0.187 e. The van der Waals surface area contributed by atoms with Crippen LogP contribution in [-0.4, -0.2) is 19.1 Å². The molecular weight excluding hydrogens is 613 g/mol. The van der Waals surface area contributed by atoms with Gasteiger partial charge in [-0.1, -0.05) is 83.9 Å². The minimum Gasteiger partial charge on any atom is -0.306 e. The highest BCUT2D eigenvalue weighted by Crippen LogP contribution is 2.51. The van der Waals surface area contributed by atoms with Gasteiger partial charge in [0.2, 0.25) is 0 Å². The second-order valence-corrected chi connectivity index (χ2v) is 12.3. The molecule has 6 heteroatoms. The van der Waals surface area contributed by atoms with Crippen LogP contribution in [-0.2, 0) is 0 Å². The summed E-state index contributed by atoms with van der Waals surface area (Å²) < 4.78 is 4.70. The number of benzene rings is 4. The Morgan fingerprint density at radius 3 is 1.38 bits per heavy atom. The van der Waals surface area contributed by atoms with Gasteiger partial charge < -0.3 is 9.13 Å². The number of hydrogen-bond donors (Lipinski definition) is 0. The summed E-state index contributed by atoms with van der Waals surface area (Å²) in [7, 11) is 0. The first-order valence-corrected chi connectivity index (χ1v) is 16.3. The van der Waals surface area contributed by atoms with Crippen LogP contribution in [0.4, 0.5) is 5.69 Å². The van der Waals surface area contributed by atoms with Gasteiger partial charge in [0.25, 0.3) is 0 Å². The van der Waals surface area contributed by atoms with Gasteiger partial charge in [0.15, 0.2) is 5.69 Å². The summed E-state index contributed by atoms with van der Waals surface area (Å²) in [5.74, 6) is 0. The van der Waals surface area contributed by atoms with Crippen molar-refractivity contribution in [3.63, 3.8) is 0 Å². The molecule has 0 radical (unpaired) electrons. The number of hydrogen-bond acceptors (Lipinski definition) is 3. The van der Waals surface area contributed by atoms with E-state index in [1.54, 1.807) is 12.4 Å². The van der Waals surface area contributed by atoms with Crippen LogP contribution >= 0.6 is 0 Å². The Morgan fingerprint density at radius 1 is 0.560 bits per heavy atom. The molecule has 0 bridgehead atoms. The minimum atomic E-state index is 0.581. The Morgan fingerprint density at radius 2 is 1.00 bits per heavy atom. The van der Waals surface area contributed by atoms with Crippen molar-refractivity contribution in [2.75, 3.05) is 0 Å². The quantitative estimate of drug-likeness (QED) is 0.170. The molecule has 0 fully saturated rings. The lowest BCUT2D eigenvalue weighted by Gasteiger charge is -2.18. The monoisotopic (exact) mass is 642 g/mol. The predicted molar refractivity (Wildman–Crippen MR) is 200 cm³/mol. The molecule has 8 rings (SSSR count). The molecule has 50 heavy (non-hydrogen) atoms. The molecular formula is C44H30N6. The fraction of sp³-hybridized carbons (Fsp3) is 0.0455. The zero-order valence-electron chi connectivity index (χ0n) is 27.5. The summed E-state index contributed by atoms with van der Waals surface area (Å²) in [5, 5.41) is 9.70. The van der Waals surface area contributed by atoms with Crippen LogP contribution in [0.2, 0.25) is 0 Å². The average molecular weight is 643 g/mol. The highest BCUT2D eigenvalue weighted by Gasteiger charge is 2.32. The summed E-state index contributed by atoms with van der Waals surface area (Å²) in [6.07, 6.45) is 7.43. The van der Waals surface area contributed by atoms with Crippen molar-refractivity contribution >= 4 is 16.7 Å². The van der Waals surface area contributed by atoms with Crippen molar-refractivity contribution in [1.29, 1.82) is 5.26 Å². The molecule has 0 aliphatic carbocycles. The molecule has 0 saturated carbocycles. The molecule has 0 aliphatic heterocycles. The topological polar surface area (TPSA) is 63.8 Å². The van der Waals surface area contributed by atoms with E-state index in [1.807, 2.05) is 73.1 Å². The summed E-state index contributed by atoms with van der Waals surface area (Å²) in [6, 6.07) is 43.3. The number of fused-ring (bicyclic) bond motifs is 1. The van der Waals surface area contributed by atoms with Crippen LogP contribution in [0.15, 0.2) is 146 Å². The molecule has 0 aliphatic rings. The first-order chi connectivity index (χ1) is 24.6. The van der Waals surface area contributed by atoms with Crippen LogP contribution in [0, 0.1) is 31.8 Å². The lowest BCUT2D eigenvalue weighted by atomic mass is 10.0. The molecule has 6 nitrogen and oxygen atoms in total. The molecule has 0 spiro atoms. The van der Waals surface area contributed by atoms with E-state index in [9.17, 15) is 5.26 Å². The third-order valence-corrected chi connectivity index (χ3v) is 9.11. The molecule has 8 aromatic rings. The Balaban J connectivity index is 1.67. The molecule has 0 amide bonds. The molecule has 4 aromatic heterocycles. The van der Waals surface area contributed by atoms with E-state index in [-0.39, 0.29) is 0 Å². The lowest BCUT2D eigenvalue weighted by molar-refractivity contribution is 1.13. The molecule has 0 N–H and O–H groups in total. The largest absolute Gasteiger partial charge is 0.306 e. The van der Waals surface area contributed by atoms with Gasteiger partial charge in [0.05, 0.1) is 40.6 Å². The van der Waals surface area contributed by atoms with Gasteiger partial charge in [-0.2, -0.15) is 5.26 Å². The SMILES string of the molecule is [C-]#[N+]c1ccc(-c2c(-c3cccnc3)c3c(c(-c4cccnc4)c(-c4ccc(C#N)cc4)n3-c3ccc(C)cc3)n2-c2ccc(C)cc2)cc1. The van der Waals surface area contributed by atoms with E-state index in [4.69, 9.17) is 6.57 Å². The molecule has 236 valence electrons. The van der Waals surface area contributed by atoms with Crippen LogP contribution in [0.1, 0.15) is 16.7 Å². The number of pyridine rings is 2. The van der Waals surface area contributed by atoms with Crippen molar-refractivity contribution in [2.24, 2.45) is 0 Å². The Hall–Kier alpha value is -7.02. The van der Waals surface area contributed by atoms with Crippen LogP contribution in [0.3, 0.4) is 0 Å². The molecule has 0 unspecified atom stereocenters. The van der Waals surface area contributed by atoms with Gasteiger partial charge in [-0.25, -0.2) is 4.85 Å². The van der Waals surface area contributed by atoms with Crippen molar-refractivity contribution in [1.82, 2.24) is 19.1 Å².